The van der Waals surface area contributed by atoms with E-state index in [4.69, 9.17) is 11.6 Å². The SMILES string of the molecule is Cc1cccnc1C1(F)CCN(C(=O)Nc2ccc(Cl)cc2)CC1.Cc1cccnc1C1(F)CCN(C(=O)Nc2ccc(OC(F)(F)F)cc2)CC1. The fourth-order valence-electron chi connectivity index (χ4n) is 6.19. The number of aryl methyl sites for hydroxylation is 2. The van der Waals surface area contributed by atoms with Crippen LogP contribution in [0.5, 0.6) is 5.75 Å². The van der Waals surface area contributed by atoms with Gasteiger partial charge in [-0.25, -0.2) is 18.4 Å². The van der Waals surface area contributed by atoms with Crippen LogP contribution in [0.2, 0.25) is 5.02 Å². The fraction of sp³-hybridized carbons (Fsp3) is 0.351. The van der Waals surface area contributed by atoms with Crippen LogP contribution in [0.15, 0.2) is 85.2 Å². The number of benzene rings is 2. The van der Waals surface area contributed by atoms with Gasteiger partial charge in [0.25, 0.3) is 0 Å². The molecule has 2 saturated heterocycles. The largest absolute Gasteiger partial charge is 0.573 e. The second kappa shape index (κ2) is 16.1. The van der Waals surface area contributed by atoms with Crippen molar-refractivity contribution in [1.29, 1.82) is 0 Å². The number of rotatable bonds is 5. The highest BCUT2D eigenvalue weighted by Gasteiger charge is 2.41. The summed E-state index contributed by atoms with van der Waals surface area (Å²) < 4.78 is 70.8. The number of hydrogen-bond donors (Lipinski definition) is 2. The van der Waals surface area contributed by atoms with E-state index in [-0.39, 0.29) is 50.6 Å². The van der Waals surface area contributed by atoms with Gasteiger partial charge in [-0.05, 0) is 85.6 Å². The molecule has 0 unspecified atom stereocenters. The molecule has 0 bridgehead atoms. The molecule has 6 rings (SSSR count). The number of ether oxygens (including phenoxy) is 1. The zero-order chi connectivity index (χ0) is 37.5. The number of piperidine rings is 2. The van der Waals surface area contributed by atoms with E-state index < -0.39 is 23.7 Å². The number of amides is 4. The average Bonchev–Trinajstić information content (AvgIpc) is 3.10. The van der Waals surface area contributed by atoms with Gasteiger partial charge in [0.15, 0.2) is 11.3 Å². The van der Waals surface area contributed by atoms with Crippen LogP contribution in [0.1, 0.15) is 48.2 Å². The number of alkyl halides is 5. The Hall–Kier alpha value is -4.98. The fourth-order valence-corrected chi connectivity index (χ4v) is 6.32. The highest BCUT2D eigenvalue weighted by molar-refractivity contribution is 6.30. The Labute approximate surface area is 303 Å². The van der Waals surface area contributed by atoms with Crippen LogP contribution >= 0.6 is 11.6 Å². The van der Waals surface area contributed by atoms with Gasteiger partial charge in [0.2, 0.25) is 0 Å². The molecule has 15 heteroatoms. The summed E-state index contributed by atoms with van der Waals surface area (Å²) >= 11 is 5.83. The van der Waals surface area contributed by atoms with Crippen molar-refractivity contribution in [2.45, 2.75) is 57.2 Å². The third-order valence-electron chi connectivity index (χ3n) is 8.99. The molecule has 2 fully saturated rings. The van der Waals surface area contributed by atoms with Crippen molar-refractivity contribution in [1.82, 2.24) is 19.8 Å². The predicted molar refractivity (Wildman–Crippen MR) is 188 cm³/mol. The van der Waals surface area contributed by atoms with Crippen LogP contribution in [-0.2, 0) is 11.3 Å². The Morgan fingerprint density at radius 2 is 1.08 bits per heavy atom. The number of nitrogens with zero attached hydrogens (tertiary/aromatic N) is 4. The normalized spacial score (nSPS) is 16.6. The van der Waals surface area contributed by atoms with Gasteiger partial charge in [-0.15, -0.1) is 13.2 Å². The maximum absolute atomic E-state index is 15.3. The standard InChI is InChI=1S/C19H19F4N3O2.C18H19ClFN3O/c1-13-3-2-10-24-16(13)18(20)8-11-26(12-9-18)17(27)25-14-4-6-15(7-5-14)28-19(21,22)23;1-13-3-2-10-21-16(13)18(20)8-11-23(12-9-18)17(24)22-15-6-4-14(19)5-7-15/h2-7,10H,8-9,11-12H2,1H3,(H,25,27);2-7,10H,8-9,11-12H2,1H3,(H,22,24). The summed E-state index contributed by atoms with van der Waals surface area (Å²) in [5.41, 5.74) is 0.432. The molecule has 4 amide bonds. The quantitative estimate of drug-likeness (QED) is 0.199. The Balaban J connectivity index is 0.000000203. The third kappa shape index (κ3) is 9.87. The minimum absolute atomic E-state index is 0.122. The molecule has 0 saturated carbocycles. The lowest BCUT2D eigenvalue weighted by Crippen LogP contribution is -2.45. The summed E-state index contributed by atoms with van der Waals surface area (Å²) in [6.07, 6.45) is -0.868. The highest BCUT2D eigenvalue weighted by atomic mass is 35.5. The first-order valence-electron chi connectivity index (χ1n) is 16.6. The molecular weight excluding hydrogens is 707 g/mol. The summed E-state index contributed by atoms with van der Waals surface area (Å²) in [5, 5.41) is 6.01. The zero-order valence-electron chi connectivity index (χ0n) is 28.5. The van der Waals surface area contributed by atoms with Gasteiger partial charge in [-0.2, -0.15) is 0 Å². The number of pyridine rings is 2. The van der Waals surface area contributed by atoms with E-state index in [1.807, 2.05) is 13.0 Å². The molecule has 4 heterocycles. The van der Waals surface area contributed by atoms with E-state index in [2.05, 4.69) is 25.3 Å². The minimum Gasteiger partial charge on any atom is -0.406 e. The number of hydrogen-bond acceptors (Lipinski definition) is 5. The molecule has 2 N–H and O–H groups in total. The Kier molecular flexibility index (Phi) is 11.9. The molecular formula is C37H38ClF5N6O3. The lowest BCUT2D eigenvalue weighted by Gasteiger charge is -2.36. The van der Waals surface area contributed by atoms with Crippen LogP contribution in [0.25, 0.3) is 0 Å². The summed E-state index contributed by atoms with van der Waals surface area (Å²) in [6.45, 7) is 4.78. The summed E-state index contributed by atoms with van der Waals surface area (Å²) in [7, 11) is 0. The van der Waals surface area contributed by atoms with Crippen molar-refractivity contribution < 1.29 is 36.3 Å². The van der Waals surface area contributed by atoms with E-state index >= 15 is 8.78 Å². The average molecular weight is 745 g/mol. The van der Waals surface area contributed by atoms with Crippen molar-refractivity contribution >= 4 is 35.0 Å². The maximum Gasteiger partial charge on any atom is 0.573 e. The zero-order valence-corrected chi connectivity index (χ0v) is 29.3. The van der Waals surface area contributed by atoms with Crippen LogP contribution in [0.3, 0.4) is 0 Å². The van der Waals surface area contributed by atoms with Crippen molar-refractivity contribution in [3.8, 4) is 5.75 Å². The molecule has 0 aliphatic carbocycles. The molecule has 9 nitrogen and oxygen atoms in total. The Morgan fingerprint density at radius 3 is 1.44 bits per heavy atom. The first-order chi connectivity index (χ1) is 24.6. The summed E-state index contributed by atoms with van der Waals surface area (Å²) in [6, 6.07) is 18.3. The van der Waals surface area contributed by atoms with E-state index in [1.165, 1.54) is 17.0 Å². The molecule has 0 radical (unpaired) electrons. The number of carbonyl (C=O) groups is 2. The molecule has 52 heavy (non-hydrogen) atoms. The van der Waals surface area contributed by atoms with E-state index in [1.54, 1.807) is 66.7 Å². The first kappa shape index (κ1) is 38.3. The number of urea groups is 2. The molecule has 2 aliphatic heterocycles. The molecule has 276 valence electrons. The monoisotopic (exact) mass is 744 g/mol. The van der Waals surface area contributed by atoms with Crippen LogP contribution < -0.4 is 15.4 Å². The topological polar surface area (TPSA) is 99.7 Å². The highest BCUT2D eigenvalue weighted by Crippen LogP contribution is 2.38. The Morgan fingerprint density at radius 1 is 0.692 bits per heavy atom. The van der Waals surface area contributed by atoms with Crippen molar-refractivity contribution in [3.05, 3.63) is 113 Å². The van der Waals surface area contributed by atoms with Gasteiger partial charge in [0.1, 0.15) is 5.75 Å². The van der Waals surface area contributed by atoms with Crippen LogP contribution in [0, 0.1) is 13.8 Å². The van der Waals surface area contributed by atoms with Crippen LogP contribution in [0.4, 0.5) is 42.9 Å². The molecule has 0 spiro atoms. The van der Waals surface area contributed by atoms with E-state index in [0.717, 1.165) is 23.3 Å². The van der Waals surface area contributed by atoms with E-state index in [0.29, 0.717) is 40.9 Å². The third-order valence-corrected chi connectivity index (χ3v) is 9.24. The molecule has 2 aliphatic rings. The number of aromatic nitrogens is 2. The van der Waals surface area contributed by atoms with E-state index in [9.17, 15) is 22.8 Å². The van der Waals surface area contributed by atoms with Gasteiger partial charge >= 0.3 is 18.4 Å². The predicted octanol–water partition coefficient (Wildman–Crippen LogP) is 9.32. The van der Waals surface area contributed by atoms with Gasteiger partial charge in [-0.3, -0.25) is 9.97 Å². The summed E-state index contributed by atoms with van der Waals surface area (Å²) in [4.78, 5) is 36.1. The lowest BCUT2D eigenvalue weighted by molar-refractivity contribution is -0.274. The van der Waals surface area contributed by atoms with Gasteiger partial charge in [0.05, 0.1) is 11.4 Å². The van der Waals surface area contributed by atoms with Crippen LogP contribution in [-0.4, -0.2) is 64.4 Å². The Bertz CT molecular complexity index is 1830. The van der Waals surface area contributed by atoms with Crippen molar-refractivity contribution in [3.63, 3.8) is 0 Å². The molecule has 4 aromatic rings. The number of anilines is 2. The van der Waals surface area contributed by atoms with Gasteiger partial charge in [0, 0.05) is 80.7 Å². The van der Waals surface area contributed by atoms with Crippen molar-refractivity contribution in [2.75, 3.05) is 36.8 Å². The first-order valence-corrected chi connectivity index (χ1v) is 17.0. The maximum atomic E-state index is 15.3. The molecule has 2 aromatic heterocycles. The van der Waals surface area contributed by atoms with Gasteiger partial charge in [-0.1, -0.05) is 23.7 Å². The summed E-state index contributed by atoms with van der Waals surface area (Å²) in [5.74, 6) is -0.378. The minimum atomic E-state index is -4.77. The van der Waals surface area contributed by atoms with Gasteiger partial charge < -0.3 is 25.2 Å². The number of halogens is 6. The lowest BCUT2D eigenvalue weighted by atomic mass is 9.87. The number of likely N-dealkylation sites (tertiary alicyclic amines) is 2. The number of nitrogens with one attached hydrogen (secondary N) is 2. The second-order valence-corrected chi connectivity index (χ2v) is 13.1. The smallest absolute Gasteiger partial charge is 0.406 e. The molecule has 2 aromatic carbocycles. The molecule has 0 atom stereocenters. The second-order valence-electron chi connectivity index (χ2n) is 12.7. The number of carbonyl (C=O) groups excluding carboxylic acids is 2. The van der Waals surface area contributed by atoms with Crippen molar-refractivity contribution in [2.24, 2.45) is 0 Å².